The number of hydrogen-bond acceptors (Lipinski definition) is 6. The number of fused-ring (bicyclic) bond motifs is 1. The van der Waals surface area contributed by atoms with Crippen LogP contribution in [0.4, 0.5) is 0 Å². The fourth-order valence-electron chi connectivity index (χ4n) is 3.66. The molecule has 1 aromatic carbocycles. The Hall–Kier alpha value is -3.03. The first-order valence-corrected chi connectivity index (χ1v) is 9.24. The number of benzene rings is 1. The number of carbonyl (C=O) groups excluding carboxylic acids is 1. The predicted molar refractivity (Wildman–Crippen MR) is 99.4 cm³/mol. The standard InChI is InChI=1S/C19H22N6O2/c1-2-27-15-7-5-14(6-8-15)25-19-16(23-24-25)11-21-17(22-19)10-12-3-4-13(9-12)18(20)26/h5-8,11-13H,2-4,9-10H2,1H3,(H2,20,26)/t12-,13+/m1/s1. The molecule has 0 saturated heterocycles. The van der Waals surface area contributed by atoms with Gasteiger partial charge < -0.3 is 10.5 Å². The van der Waals surface area contributed by atoms with Crippen molar-refractivity contribution in [3.05, 3.63) is 36.3 Å². The Morgan fingerprint density at radius 3 is 2.81 bits per heavy atom. The maximum absolute atomic E-state index is 11.4. The molecule has 8 heteroatoms. The molecule has 0 unspecified atom stereocenters. The molecule has 1 amide bonds. The van der Waals surface area contributed by atoms with Gasteiger partial charge in [-0.3, -0.25) is 4.79 Å². The van der Waals surface area contributed by atoms with Gasteiger partial charge in [-0.1, -0.05) is 5.21 Å². The molecule has 0 aliphatic heterocycles. The summed E-state index contributed by atoms with van der Waals surface area (Å²) in [6.07, 6.45) is 5.08. The summed E-state index contributed by atoms with van der Waals surface area (Å²) in [5, 5.41) is 8.37. The van der Waals surface area contributed by atoms with Crippen LogP contribution < -0.4 is 10.5 Å². The van der Waals surface area contributed by atoms with Crippen LogP contribution in [0.5, 0.6) is 5.75 Å². The number of nitrogens with zero attached hydrogens (tertiary/aromatic N) is 5. The van der Waals surface area contributed by atoms with Gasteiger partial charge in [0, 0.05) is 12.3 Å². The fraction of sp³-hybridized carbons (Fsp3) is 0.421. The zero-order chi connectivity index (χ0) is 18.8. The van der Waals surface area contributed by atoms with Crippen molar-refractivity contribution in [2.75, 3.05) is 6.61 Å². The van der Waals surface area contributed by atoms with Gasteiger partial charge >= 0.3 is 0 Å². The molecule has 1 saturated carbocycles. The second-order valence-electron chi connectivity index (χ2n) is 6.91. The number of carbonyl (C=O) groups is 1. The van der Waals surface area contributed by atoms with E-state index in [0.29, 0.717) is 23.7 Å². The average Bonchev–Trinajstić information content (AvgIpc) is 3.30. The Bertz CT molecular complexity index is 952. The number of ether oxygens (including phenoxy) is 1. The van der Waals surface area contributed by atoms with Gasteiger partial charge in [0.15, 0.2) is 11.2 Å². The molecule has 0 spiro atoms. The van der Waals surface area contributed by atoms with Gasteiger partial charge in [0.1, 0.15) is 11.6 Å². The summed E-state index contributed by atoms with van der Waals surface area (Å²) in [5.41, 5.74) is 7.61. The van der Waals surface area contributed by atoms with Crippen molar-refractivity contribution < 1.29 is 9.53 Å². The average molecular weight is 366 g/mol. The van der Waals surface area contributed by atoms with Crippen LogP contribution in [0.15, 0.2) is 30.5 Å². The van der Waals surface area contributed by atoms with Gasteiger partial charge in [0.25, 0.3) is 0 Å². The minimum absolute atomic E-state index is 0.0187. The molecule has 2 atom stereocenters. The third-order valence-corrected chi connectivity index (χ3v) is 5.05. The normalized spacial score (nSPS) is 19.4. The van der Waals surface area contributed by atoms with Crippen LogP contribution >= 0.6 is 0 Å². The first-order valence-electron chi connectivity index (χ1n) is 9.24. The predicted octanol–water partition coefficient (Wildman–Crippen LogP) is 2.05. The van der Waals surface area contributed by atoms with Crippen molar-refractivity contribution >= 4 is 17.1 Å². The van der Waals surface area contributed by atoms with Gasteiger partial charge in [-0.15, -0.1) is 5.10 Å². The van der Waals surface area contributed by atoms with Crippen molar-refractivity contribution in [3.8, 4) is 11.4 Å². The highest BCUT2D eigenvalue weighted by Gasteiger charge is 2.29. The molecule has 3 aromatic rings. The third-order valence-electron chi connectivity index (χ3n) is 5.05. The number of hydrogen-bond donors (Lipinski definition) is 1. The summed E-state index contributed by atoms with van der Waals surface area (Å²) in [4.78, 5) is 20.5. The Labute approximate surface area is 156 Å². The molecular weight excluding hydrogens is 344 g/mol. The van der Waals surface area contributed by atoms with Crippen molar-refractivity contribution in [1.82, 2.24) is 25.0 Å². The van der Waals surface area contributed by atoms with E-state index in [2.05, 4.69) is 20.3 Å². The Morgan fingerprint density at radius 1 is 1.30 bits per heavy atom. The Morgan fingerprint density at radius 2 is 2.11 bits per heavy atom. The van der Waals surface area contributed by atoms with E-state index in [1.807, 2.05) is 31.2 Å². The van der Waals surface area contributed by atoms with Crippen LogP contribution in [0.2, 0.25) is 0 Å². The van der Waals surface area contributed by atoms with E-state index in [-0.39, 0.29) is 11.8 Å². The van der Waals surface area contributed by atoms with Gasteiger partial charge in [-0.2, -0.15) is 4.68 Å². The van der Waals surface area contributed by atoms with Crippen molar-refractivity contribution in [3.63, 3.8) is 0 Å². The van der Waals surface area contributed by atoms with Crippen molar-refractivity contribution in [2.45, 2.75) is 32.6 Å². The van der Waals surface area contributed by atoms with Crippen LogP contribution in [-0.4, -0.2) is 37.5 Å². The minimum atomic E-state index is -0.202. The molecule has 0 radical (unpaired) electrons. The lowest BCUT2D eigenvalue weighted by atomic mass is 10.0. The molecule has 4 rings (SSSR count). The number of primary amides is 1. The summed E-state index contributed by atoms with van der Waals surface area (Å²) in [6.45, 7) is 2.58. The topological polar surface area (TPSA) is 109 Å². The smallest absolute Gasteiger partial charge is 0.220 e. The van der Waals surface area contributed by atoms with Crippen LogP contribution in [0.1, 0.15) is 32.0 Å². The number of aromatic nitrogens is 5. The third kappa shape index (κ3) is 3.60. The second kappa shape index (κ2) is 7.30. The molecule has 0 bridgehead atoms. The van der Waals surface area contributed by atoms with Crippen LogP contribution in [-0.2, 0) is 11.2 Å². The van der Waals surface area contributed by atoms with E-state index in [4.69, 9.17) is 10.5 Å². The number of rotatable bonds is 6. The quantitative estimate of drug-likeness (QED) is 0.715. The Balaban J connectivity index is 1.57. The maximum atomic E-state index is 11.4. The van der Waals surface area contributed by atoms with Gasteiger partial charge in [-0.05, 0) is 56.4 Å². The first-order chi connectivity index (χ1) is 13.1. The lowest BCUT2D eigenvalue weighted by molar-refractivity contribution is -0.121. The summed E-state index contributed by atoms with van der Waals surface area (Å²) >= 11 is 0. The fourth-order valence-corrected chi connectivity index (χ4v) is 3.66. The van der Waals surface area contributed by atoms with Gasteiger partial charge in [-0.25, -0.2) is 9.97 Å². The first kappa shape index (κ1) is 17.4. The van der Waals surface area contributed by atoms with E-state index in [1.54, 1.807) is 10.9 Å². The second-order valence-corrected chi connectivity index (χ2v) is 6.91. The molecule has 2 aromatic heterocycles. The zero-order valence-electron chi connectivity index (χ0n) is 15.2. The molecule has 2 N–H and O–H groups in total. The lowest BCUT2D eigenvalue weighted by Gasteiger charge is -2.09. The van der Waals surface area contributed by atoms with Crippen molar-refractivity contribution in [1.29, 1.82) is 0 Å². The highest BCUT2D eigenvalue weighted by Crippen LogP contribution is 2.32. The lowest BCUT2D eigenvalue weighted by Crippen LogP contribution is -2.21. The molecule has 1 fully saturated rings. The van der Waals surface area contributed by atoms with E-state index in [9.17, 15) is 4.79 Å². The summed E-state index contributed by atoms with van der Waals surface area (Å²) in [7, 11) is 0. The largest absolute Gasteiger partial charge is 0.494 e. The van der Waals surface area contributed by atoms with Crippen LogP contribution in [0, 0.1) is 11.8 Å². The SMILES string of the molecule is CCOc1ccc(-n2nnc3cnc(C[C@@H]4CC[C@H](C(N)=O)C4)nc32)cc1. The minimum Gasteiger partial charge on any atom is -0.494 e. The van der Waals surface area contributed by atoms with E-state index >= 15 is 0 Å². The molecule has 8 nitrogen and oxygen atoms in total. The molecular formula is C19H22N6O2. The monoisotopic (exact) mass is 366 g/mol. The van der Waals surface area contributed by atoms with E-state index in [1.165, 1.54) is 0 Å². The van der Waals surface area contributed by atoms with Crippen LogP contribution in [0.3, 0.4) is 0 Å². The highest BCUT2D eigenvalue weighted by atomic mass is 16.5. The van der Waals surface area contributed by atoms with E-state index < -0.39 is 0 Å². The summed E-state index contributed by atoms with van der Waals surface area (Å²) in [6, 6.07) is 7.65. The molecule has 2 heterocycles. The maximum Gasteiger partial charge on any atom is 0.220 e. The van der Waals surface area contributed by atoms with Crippen molar-refractivity contribution in [2.24, 2.45) is 17.6 Å². The van der Waals surface area contributed by atoms with Gasteiger partial charge in [0.2, 0.25) is 5.91 Å². The Kier molecular flexibility index (Phi) is 4.70. The summed E-state index contributed by atoms with van der Waals surface area (Å²) in [5.74, 6) is 1.72. The molecule has 1 aliphatic rings. The highest BCUT2D eigenvalue weighted by molar-refractivity contribution is 5.76. The molecule has 140 valence electrons. The number of amides is 1. The van der Waals surface area contributed by atoms with Gasteiger partial charge in [0.05, 0.1) is 18.5 Å². The molecule has 27 heavy (non-hydrogen) atoms. The molecule has 1 aliphatic carbocycles. The van der Waals surface area contributed by atoms with Crippen LogP contribution in [0.25, 0.3) is 16.9 Å². The number of nitrogens with two attached hydrogens (primary N) is 1. The summed E-state index contributed by atoms with van der Waals surface area (Å²) < 4.78 is 7.19. The van der Waals surface area contributed by atoms with E-state index in [0.717, 1.165) is 42.9 Å². The zero-order valence-corrected chi connectivity index (χ0v) is 15.2.